The van der Waals surface area contributed by atoms with E-state index in [1.54, 1.807) is 6.07 Å². The summed E-state index contributed by atoms with van der Waals surface area (Å²) in [7, 11) is 0. The standard InChI is InChI=1S/C20H25NO9/c1-4-29-19(25)16(12(3)22)17(18(21(27)28)20(26)30-5-2)14-9-7-6-8-13(14)10-11-15(23)24/h6-9,16-18H,4-5,10-11H2,1-3H3,(H,23,24). The van der Waals surface area contributed by atoms with E-state index in [2.05, 4.69) is 0 Å². The Labute approximate surface area is 173 Å². The Kier molecular flexibility index (Phi) is 9.60. The molecule has 0 aromatic heterocycles. The number of esters is 2. The van der Waals surface area contributed by atoms with Crippen LogP contribution in [0.2, 0.25) is 0 Å². The fourth-order valence-corrected chi connectivity index (χ4v) is 3.25. The Morgan fingerprint density at radius 2 is 1.63 bits per heavy atom. The highest BCUT2D eigenvalue weighted by atomic mass is 16.6. The van der Waals surface area contributed by atoms with Gasteiger partial charge in [-0.1, -0.05) is 24.3 Å². The Hall–Kier alpha value is -3.30. The van der Waals surface area contributed by atoms with Gasteiger partial charge in [0.05, 0.1) is 19.1 Å². The highest BCUT2D eigenvalue weighted by Crippen LogP contribution is 2.35. The van der Waals surface area contributed by atoms with Gasteiger partial charge in [-0.05, 0) is 38.3 Å². The number of rotatable bonds is 12. The quantitative estimate of drug-likeness (QED) is 0.229. The van der Waals surface area contributed by atoms with Crippen LogP contribution in [0.1, 0.15) is 44.2 Å². The van der Waals surface area contributed by atoms with Crippen molar-refractivity contribution in [1.82, 2.24) is 0 Å². The molecule has 0 saturated heterocycles. The van der Waals surface area contributed by atoms with E-state index >= 15 is 0 Å². The smallest absolute Gasteiger partial charge is 0.382 e. The van der Waals surface area contributed by atoms with E-state index in [1.165, 1.54) is 32.0 Å². The molecule has 10 nitrogen and oxygen atoms in total. The second-order valence-corrected chi connectivity index (χ2v) is 6.44. The number of carbonyl (C=O) groups is 4. The Balaban J connectivity index is 3.70. The average Bonchev–Trinajstić information content (AvgIpc) is 2.66. The first-order valence-electron chi connectivity index (χ1n) is 9.42. The lowest BCUT2D eigenvalue weighted by atomic mass is 9.76. The zero-order valence-electron chi connectivity index (χ0n) is 17.0. The van der Waals surface area contributed by atoms with Crippen LogP contribution >= 0.6 is 0 Å². The SMILES string of the molecule is CCOC(=O)C(C(C)=O)C(c1ccccc1CCC(=O)O)C(C(=O)OCC)[N+](=O)[O-]. The molecule has 30 heavy (non-hydrogen) atoms. The third-order valence-corrected chi connectivity index (χ3v) is 4.46. The molecule has 0 amide bonds. The summed E-state index contributed by atoms with van der Waals surface area (Å²) in [5.41, 5.74) is 0.526. The van der Waals surface area contributed by atoms with Gasteiger partial charge in [0.2, 0.25) is 0 Å². The van der Waals surface area contributed by atoms with Crippen molar-refractivity contribution in [3.63, 3.8) is 0 Å². The van der Waals surface area contributed by atoms with E-state index < -0.39 is 46.5 Å². The second kappa shape index (κ2) is 11.6. The summed E-state index contributed by atoms with van der Waals surface area (Å²) < 4.78 is 9.78. The zero-order valence-corrected chi connectivity index (χ0v) is 17.0. The number of hydrogen-bond acceptors (Lipinski definition) is 8. The molecular weight excluding hydrogens is 398 g/mol. The number of nitrogens with zero attached hydrogens (tertiary/aromatic N) is 1. The number of aliphatic carboxylic acids is 1. The van der Waals surface area contributed by atoms with Crippen molar-refractivity contribution in [2.45, 2.75) is 45.6 Å². The van der Waals surface area contributed by atoms with Gasteiger partial charge in [0.15, 0.2) is 0 Å². The summed E-state index contributed by atoms with van der Waals surface area (Å²) >= 11 is 0. The van der Waals surface area contributed by atoms with Gasteiger partial charge in [-0.15, -0.1) is 0 Å². The Morgan fingerprint density at radius 1 is 1.07 bits per heavy atom. The number of ketones is 1. The van der Waals surface area contributed by atoms with E-state index in [-0.39, 0.29) is 31.6 Å². The molecule has 0 aliphatic rings. The monoisotopic (exact) mass is 423 g/mol. The van der Waals surface area contributed by atoms with Gasteiger partial charge in [-0.25, -0.2) is 4.79 Å². The minimum atomic E-state index is -2.06. The van der Waals surface area contributed by atoms with Crippen molar-refractivity contribution in [3.8, 4) is 0 Å². The van der Waals surface area contributed by atoms with E-state index in [0.717, 1.165) is 6.92 Å². The summed E-state index contributed by atoms with van der Waals surface area (Å²) in [4.78, 5) is 59.4. The van der Waals surface area contributed by atoms with Gasteiger partial charge in [0.25, 0.3) is 0 Å². The van der Waals surface area contributed by atoms with Crippen LogP contribution in [-0.4, -0.2) is 53.0 Å². The fourth-order valence-electron chi connectivity index (χ4n) is 3.25. The molecule has 0 saturated carbocycles. The number of nitro groups is 1. The predicted octanol–water partition coefficient (Wildman–Crippen LogP) is 1.76. The van der Waals surface area contributed by atoms with Gasteiger partial charge in [0, 0.05) is 11.3 Å². The number of ether oxygens (including phenoxy) is 2. The molecule has 3 atom stereocenters. The topological polar surface area (TPSA) is 150 Å². The van der Waals surface area contributed by atoms with E-state index in [1.807, 2.05) is 0 Å². The Morgan fingerprint density at radius 3 is 2.13 bits per heavy atom. The molecule has 0 heterocycles. The van der Waals surface area contributed by atoms with Crippen LogP contribution in [-0.2, 0) is 35.1 Å². The summed E-state index contributed by atoms with van der Waals surface area (Å²) in [5, 5.41) is 20.9. The lowest BCUT2D eigenvalue weighted by Crippen LogP contribution is -2.45. The van der Waals surface area contributed by atoms with Crippen LogP contribution in [0.5, 0.6) is 0 Å². The summed E-state index contributed by atoms with van der Waals surface area (Å²) in [5.74, 6) is -7.18. The highest BCUT2D eigenvalue weighted by Gasteiger charge is 2.50. The van der Waals surface area contributed by atoms with Crippen molar-refractivity contribution < 1.29 is 38.7 Å². The summed E-state index contributed by atoms with van der Waals surface area (Å²) in [6.07, 6.45) is -0.293. The average molecular weight is 423 g/mol. The van der Waals surface area contributed by atoms with Crippen molar-refractivity contribution in [1.29, 1.82) is 0 Å². The molecule has 1 rings (SSSR count). The van der Waals surface area contributed by atoms with Crippen LogP contribution in [0.4, 0.5) is 0 Å². The first kappa shape index (κ1) is 24.7. The summed E-state index contributed by atoms with van der Waals surface area (Å²) in [6, 6.07) is 4.03. The minimum absolute atomic E-state index is 0.0112. The van der Waals surface area contributed by atoms with Crippen LogP contribution in [0.25, 0.3) is 0 Å². The van der Waals surface area contributed by atoms with E-state index in [0.29, 0.717) is 5.56 Å². The molecule has 0 bridgehead atoms. The minimum Gasteiger partial charge on any atom is -0.481 e. The first-order chi connectivity index (χ1) is 14.1. The number of carboxylic acids is 1. The third-order valence-electron chi connectivity index (χ3n) is 4.46. The number of hydrogen-bond donors (Lipinski definition) is 1. The van der Waals surface area contributed by atoms with Crippen LogP contribution in [0.3, 0.4) is 0 Å². The Bertz CT molecular complexity index is 769. The molecule has 0 spiro atoms. The number of aryl methyl sites for hydroxylation is 1. The van der Waals surface area contributed by atoms with Gasteiger partial charge >= 0.3 is 23.9 Å². The molecule has 0 fully saturated rings. The molecule has 164 valence electrons. The molecule has 1 aromatic carbocycles. The predicted molar refractivity (Wildman–Crippen MR) is 103 cm³/mol. The van der Waals surface area contributed by atoms with Crippen LogP contribution in [0.15, 0.2) is 24.3 Å². The fraction of sp³-hybridized carbons (Fsp3) is 0.500. The number of carbonyl (C=O) groups excluding carboxylic acids is 3. The van der Waals surface area contributed by atoms with Crippen molar-refractivity contribution in [3.05, 3.63) is 45.5 Å². The summed E-state index contributed by atoms with van der Waals surface area (Å²) in [6.45, 7) is 3.86. The third kappa shape index (κ3) is 6.36. The van der Waals surface area contributed by atoms with Crippen molar-refractivity contribution >= 4 is 23.7 Å². The molecule has 1 N–H and O–H groups in total. The number of carboxylic acid groups (broad SMARTS) is 1. The number of benzene rings is 1. The maximum atomic E-state index is 12.6. The van der Waals surface area contributed by atoms with Crippen LogP contribution in [0, 0.1) is 16.0 Å². The lowest BCUT2D eigenvalue weighted by molar-refractivity contribution is -0.515. The molecule has 0 radical (unpaired) electrons. The van der Waals surface area contributed by atoms with Gasteiger partial charge < -0.3 is 14.6 Å². The van der Waals surface area contributed by atoms with Crippen molar-refractivity contribution in [2.24, 2.45) is 5.92 Å². The molecule has 0 aliphatic carbocycles. The van der Waals surface area contributed by atoms with Gasteiger partial charge in [-0.3, -0.25) is 24.5 Å². The zero-order chi connectivity index (χ0) is 22.8. The molecular formula is C20H25NO9. The second-order valence-electron chi connectivity index (χ2n) is 6.44. The van der Waals surface area contributed by atoms with Gasteiger partial charge in [0.1, 0.15) is 11.7 Å². The molecule has 1 aromatic rings. The van der Waals surface area contributed by atoms with E-state index in [9.17, 15) is 29.3 Å². The van der Waals surface area contributed by atoms with Crippen molar-refractivity contribution in [2.75, 3.05) is 13.2 Å². The molecule has 3 unspecified atom stereocenters. The normalized spacial score (nSPS) is 13.6. The number of Topliss-reactive ketones (excluding diaryl/α,β-unsaturated/α-hetero) is 1. The first-order valence-corrected chi connectivity index (χ1v) is 9.42. The largest absolute Gasteiger partial charge is 0.481 e. The lowest BCUT2D eigenvalue weighted by Gasteiger charge is -2.27. The molecule has 0 aliphatic heterocycles. The van der Waals surface area contributed by atoms with Gasteiger partial charge in [-0.2, -0.15) is 0 Å². The molecule has 10 heteroatoms. The maximum absolute atomic E-state index is 12.6. The highest BCUT2D eigenvalue weighted by molar-refractivity contribution is 5.99. The maximum Gasteiger partial charge on any atom is 0.382 e. The van der Waals surface area contributed by atoms with Crippen LogP contribution < -0.4 is 0 Å². The van der Waals surface area contributed by atoms with E-state index in [4.69, 9.17) is 14.6 Å².